The van der Waals surface area contributed by atoms with Crippen LogP contribution in [-0.4, -0.2) is 44.0 Å². The molecular formula is C29H25F3N2O5S. The number of fused-ring (bicyclic) bond motifs is 2. The molecule has 0 aliphatic carbocycles. The number of likely N-dealkylation sites (N-methyl/N-ethyl adjacent to an activating group) is 1. The summed E-state index contributed by atoms with van der Waals surface area (Å²) in [4.78, 5) is 26.6. The van der Waals surface area contributed by atoms with Gasteiger partial charge in [0.15, 0.2) is 5.03 Å². The molecule has 0 saturated heterocycles. The molecule has 7 nitrogen and oxygen atoms in total. The highest BCUT2D eigenvalue weighted by molar-refractivity contribution is 7.89. The number of rotatable bonds is 4. The number of carbonyl (C=O) groups is 1. The molecule has 0 saturated carbocycles. The fourth-order valence-corrected chi connectivity index (χ4v) is 6.86. The van der Waals surface area contributed by atoms with Gasteiger partial charge in [0.05, 0.1) is 12.7 Å². The third-order valence-electron chi connectivity index (χ3n) is 7.32. The molecule has 1 atom stereocenters. The van der Waals surface area contributed by atoms with E-state index in [1.165, 1.54) is 26.1 Å². The highest BCUT2D eigenvalue weighted by Gasteiger charge is 2.43. The molecule has 1 aliphatic heterocycles. The Balaban J connectivity index is 1.92. The molecule has 0 bridgehead atoms. The Labute approximate surface area is 228 Å². The molecule has 40 heavy (non-hydrogen) atoms. The number of hydrogen-bond donors (Lipinski definition) is 0. The number of esters is 1. The predicted octanol–water partition coefficient (Wildman–Crippen LogP) is 4.93. The van der Waals surface area contributed by atoms with E-state index in [-0.39, 0.29) is 35.2 Å². The number of benzene rings is 3. The van der Waals surface area contributed by atoms with Crippen molar-refractivity contribution in [1.82, 2.24) is 8.87 Å². The average Bonchev–Trinajstić information content (AvgIpc) is 2.93. The summed E-state index contributed by atoms with van der Waals surface area (Å²) in [5, 5.41) is 1.22. The van der Waals surface area contributed by atoms with Gasteiger partial charge in [-0.15, -0.1) is 0 Å². The monoisotopic (exact) mass is 570 g/mol. The van der Waals surface area contributed by atoms with Gasteiger partial charge < -0.3 is 4.74 Å². The van der Waals surface area contributed by atoms with Crippen LogP contribution in [0.1, 0.15) is 28.3 Å². The van der Waals surface area contributed by atoms with Crippen LogP contribution < -0.4 is 5.56 Å². The van der Waals surface area contributed by atoms with E-state index in [9.17, 15) is 31.2 Å². The van der Waals surface area contributed by atoms with Gasteiger partial charge in [0, 0.05) is 24.7 Å². The molecule has 0 radical (unpaired) electrons. The van der Waals surface area contributed by atoms with Crippen molar-refractivity contribution in [2.45, 2.75) is 30.6 Å². The minimum Gasteiger partial charge on any atom is -0.467 e. The summed E-state index contributed by atoms with van der Waals surface area (Å²) in [6.45, 7) is 1.12. The fraction of sp³-hybridized carbons (Fsp3) is 0.241. The lowest BCUT2D eigenvalue weighted by Gasteiger charge is -2.34. The molecule has 0 spiro atoms. The highest BCUT2D eigenvalue weighted by atomic mass is 32.2. The topological polar surface area (TPSA) is 85.7 Å². The highest BCUT2D eigenvalue weighted by Crippen LogP contribution is 2.41. The van der Waals surface area contributed by atoms with Gasteiger partial charge in [0.1, 0.15) is 6.04 Å². The maximum atomic E-state index is 13.8. The largest absolute Gasteiger partial charge is 0.467 e. The summed E-state index contributed by atoms with van der Waals surface area (Å²) in [5.74, 6) is -0.846. The smallest absolute Gasteiger partial charge is 0.416 e. The number of pyridine rings is 1. The van der Waals surface area contributed by atoms with E-state index in [4.69, 9.17) is 4.74 Å². The Kier molecular flexibility index (Phi) is 6.83. The van der Waals surface area contributed by atoms with Crippen molar-refractivity contribution in [3.05, 3.63) is 99.3 Å². The summed E-state index contributed by atoms with van der Waals surface area (Å²) in [7, 11) is -2.05. The average molecular weight is 571 g/mol. The molecule has 3 aromatic carbocycles. The van der Waals surface area contributed by atoms with Gasteiger partial charge in [0.25, 0.3) is 15.6 Å². The van der Waals surface area contributed by atoms with Crippen LogP contribution in [0.25, 0.3) is 21.9 Å². The second kappa shape index (κ2) is 9.90. The summed E-state index contributed by atoms with van der Waals surface area (Å²) >= 11 is 0. The molecule has 2 heterocycles. The van der Waals surface area contributed by atoms with Gasteiger partial charge in [0.2, 0.25) is 0 Å². The maximum Gasteiger partial charge on any atom is 0.416 e. The van der Waals surface area contributed by atoms with Crippen molar-refractivity contribution in [1.29, 1.82) is 0 Å². The lowest BCUT2D eigenvalue weighted by molar-refractivity contribution is -0.145. The summed E-state index contributed by atoms with van der Waals surface area (Å²) in [6.07, 6.45) is -4.64. The Morgan fingerprint density at radius 3 is 2.42 bits per heavy atom. The number of hydrogen-bond acceptors (Lipinski definition) is 5. The molecule has 1 aliphatic rings. The molecule has 1 aromatic heterocycles. The predicted molar refractivity (Wildman–Crippen MR) is 143 cm³/mol. The van der Waals surface area contributed by atoms with Crippen molar-refractivity contribution in [3.63, 3.8) is 0 Å². The number of ether oxygens (including phenoxy) is 1. The molecule has 0 amide bonds. The first-order valence-electron chi connectivity index (χ1n) is 12.3. The Morgan fingerprint density at radius 2 is 1.73 bits per heavy atom. The first-order chi connectivity index (χ1) is 18.9. The number of halogens is 3. The molecule has 208 valence electrons. The molecule has 11 heteroatoms. The second-order valence-electron chi connectivity index (χ2n) is 9.68. The van der Waals surface area contributed by atoms with Crippen LogP contribution >= 0.6 is 0 Å². The van der Waals surface area contributed by atoms with Crippen LogP contribution in [0.15, 0.2) is 76.6 Å². The molecular weight excluding hydrogens is 545 g/mol. The zero-order chi connectivity index (χ0) is 29.0. The van der Waals surface area contributed by atoms with Crippen molar-refractivity contribution in [2.24, 2.45) is 0 Å². The Morgan fingerprint density at radius 1 is 1.05 bits per heavy atom. The molecule has 4 aromatic rings. The number of alkyl halides is 3. The van der Waals surface area contributed by atoms with Gasteiger partial charge in [-0.1, -0.05) is 54.6 Å². The van der Waals surface area contributed by atoms with Crippen molar-refractivity contribution < 1.29 is 31.1 Å². The third kappa shape index (κ3) is 4.48. The Bertz CT molecular complexity index is 1820. The minimum atomic E-state index is -4.70. The van der Waals surface area contributed by atoms with Crippen LogP contribution in [0.4, 0.5) is 13.2 Å². The summed E-state index contributed by atoms with van der Waals surface area (Å²) < 4.78 is 75.6. The molecule has 1 unspecified atom stereocenters. The van der Waals surface area contributed by atoms with E-state index in [0.717, 1.165) is 44.5 Å². The van der Waals surface area contributed by atoms with Gasteiger partial charge in [-0.25, -0.2) is 13.2 Å². The van der Waals surface area contributed by atoms with Gasteiger partial charge in [-0.2, -0.15) is 17.5 Å². The van der Waals surface area contributed by atoms with Gasteiger partial charge in [-0.05, 0) is 52.9 Å². The Hall–Kier alpha value is -3.96. The minimum absolute atomic E-state index is 0.0422. The van der Waals surface area contributed by atoms with Crippen LogP contribution in [0, 0.1) is 6.92 Å². The first-order valence-corrected chi connectivity index (χ1v) is 13.8. The van der Waals surface area contributed by atoms with E-state index in [2.05, 4.69) is 0 Å². The van der Waals surface area contributed by atoms with E-state index < -0.39 is 44.4 Å². The number of methoxy groups -OCH3 is 1. The molecule has 0 fully saturated rings. The zero-order valence-electron chi connectivity index (χ0n) is 21.8. The SMILES string of the molecule is COC(=O)C1CN(C)S(=O)(=O)c2c(-c3cccc(C(F)(F)F)c3)c(Cc3cccc4ccccc34)c(C)c(=O)n21. The van der Waals surface area contributed by atoms with Gasteiger partial charge in [-0.3, -0.25) is 9.36 Å². The quantitative estimate of drug-likeness (QED) is 0.325. The normalized spacial score (nSPS) is 17.0. The number of aromatic nitrogens is 1. The zero-order valence-corrected chi connectivity index (χ0v) is 22.6. The number of nitrogens with zero attached hydrogens (tertiary/aromatic N) is 2. The van der Waals surface area contributed by atoms with E-state index in [1.807, 2.05) is 42.5 Å². The van der Waals surface area contributed by atoms with Crippen LogP contribution in [0.3, 0.4) is 0 Å². The lowest BCUT2D eigenvalue weighted by Crippen LogP contribution is -2.49. The maximum absolute atomic E-state index is 13.8. The fourth-order valence-electron chi connectivity index (χ4n) is 5.27. The van der Waals surface area contributed by atoms with Crippen molar-refractivity contribution >= 4 is 26.8 Å². The van der Waals surface area contributed by atoms with Crippen LogP contribution in [0.2, 0.25) is 0 Å². The first kappa shape index (κ1) is 27.6. The second-order valence-corrected chi connectivity index (χ2v) is 11.6. The van der Waals surface area contributed by atoms with Crippen molar-refractivity contribution in [3.8, 4) is 11.1 Å². The number of sulfonamides is 1. The lowest BCUT2D eigenvalue weighted by atomic mass is 9.90. The summed E-state index contributed by atoms with van der Waals surface area (Å²) in [6, 6.07) is 16.0. The van der Waals surface area contributed by atoms with Crippen LogP contribution in [0.5, 0.6) is 0 Å². The number of carbonyl (C=O) groups excluding carboxylic acids is 1. The van der Waals surface area contributed by atoms with E-state index in [1.54, 1.807) is 0 Å². The van der Waals surface area contributed by atoms with Crippen LogP contribution in [-0.2, 0) is 32.2 Å². The van der Waals surface area contributed by atoms with E-state index >= 15 is 0 Å². The molecule has 5 rings (SSSR count). The summed E-state index contributed by atoms with van der Waals surface area (Å²) in [5.41, 5.74) is -0.671. The third-order valence-corrected chi connectivity index (χ3v) is 9.18. The molecule has 0 N–H and O–H groups in total. The van der Waals surface area contributed by atoms with Crippen molar-refractivity contribution in [2.75, 3.05) is 20.7 Å². The standard InChI is InChI=1S/C29H25F3N2O5S/c1-17-23(15-19-10-6-9-18-8-4-5-13-22(18)19)25(20-11-7-12-21(14-20)29(30,31)32)27-34(26(17)35)24(28(36)39-3)16-33(2)40(27,37)38/h4-14,24H,15-16H2,1-3H3. The van der Waals surface area contributed by atoms with Gasteiger partial charge >= 0.3 is 12.1 Å². The van der Waals surface area contributed by atoms with E-state index in [0.29, 0.717) is 0 Å².